The second-order valence-corrected chi connectivity index (χ2v) is 7.15. The number of halogens is 1. The molecule has 4 N–H and O–H groups in total. The van der Waals surface area contributed by atoms with Gasteiger partial charge in [-0.15, -0.1) is 12.4 Å². The van der Waals surface area contributed by atoms with Crippen LogP contribution in [0.1, 0.15) is 53.4 Å². The SMILES string of the molecule is CCC(N)(CC)CNC(=O)C1CCCN(C(=O)NCC(C)C)C1.Cl. The molecular formula is C17H35ClN4O2. The van der Waals surface area contributed by atoms with Crippen LogP contribution in [0.3, 0.4) is 0 Å². The van der Waals surface area contributed by atoms with Gasteiger partial charge in [-0.3, -0.25) is 4.79 Å². The summed E-state index contributed by atoms with van der Waals surface area (Å²) in [5.41, 5.74) is 5.89. The Kier molecular flexibility index (Phi) is 10.3. The fourth-order valence-corrected chi connectivity index (χ4v) is 2.69. The van der Waals surface area contributed by atoms with E-state index in [2.05, 4.69) is 24.5 Å². The van der Waals surface area contributed by atoms with Gasteiger partial charge >= 0.3 is 6.03 Å². The summed E-state index contributed by atoms with van der Waals surface area (Å²) < 4.78 is 0. The molecule has 0 aromatic rings. The molecule has 24 heavy (non-hydrogen) atoms. The molecule has 1 unspecified atom stereocenters. The highest BCUT2D eigenvalue weighted by atomic mass is 35.5. The van der Waals surface area contributed by atoms with Crippen molar-refractivity contribution < 1.29 is 9.59 Å². The van der Waals surface area contributed by atoms with Crippen LogP contribution >= 0.6 is 12.4 Å². The first kappa shape index (κ1) is 23.0. The number of rotatable bonds is 7. The lowest BCUT2D eigenvalue weighted by Gasteiger charge is -2.33. The molecule has 1 fully saturated rings. The van der Waals surface area contributed by atoms with Crippen molar-refractivity contribution in [2.75, 3.05) is 26.2 Å². The number of hydrogen-bond acceptors (Lipinski definition) is 3. The van der Waals surface area contributed by atoms with Crippen LogP contribution < -0.4 is 16.4 Å². The summed E-state index contributed by atoms with van der Waals surface area (Å²) in [6.45, 7) is 10.6. The molecule has 3 amide bonds. The van der Waals surface area contributed by atoms with Gasteiger partial charge in [0.05, 0.1) is 5.92 Å². The lowest BCUT2D eigenvalue weighted by molar-refractivity contribution is -0.126. The van der Waals surface area contributed by atoms with Crippen LogP contribution in [0.25, 0.3) is 0 Å². The zero-order valence-corrected chi connectivity index (χ0v) is 16.4. The summed E-state index contributed by atoms with van der Waals surface area (Å²) in [6, 6.07) is -0.0634. The molecule has 7 heteroatoms. The zero-order valence-electron chi connectivity index (χ0n) is 15.6. The largest absolute Gasteiger partial charge is 0.354 e. The van der Waals surface area contributed by atoms with E-state index >= 15 is 0 Å². The molecule has 0 aromatic heterocycles. The van der Waals surface area contributed by atoms with Crippen molar-refractivity contribution in [2.24, 2.45) is 17.6 Å². The third kappa shape index (κ3) is 7.26. The molecule has 1 heterocycles. The van der Waals surface area contributed by atoms with Crippen LogP contribution in [0.2, 0.25) is 0 Å². The van der Waals surface area contributed by atoms with Gasteiger partial charge in [-0.2, -0.15) is 0 Å². The highest BCUT2D eigenvalue weighted by molar-refractivity contribution is 5.85. The van der Waals surface area contributed by atoms with Gasteiger partial charge in [0.1, 0.15) is 0 Å². The fraction of sp³-hybridized carbons (Fsp3) is 0.882. The van der Waals surface area contributed by atoms with Crippen molar-refractivity contribution in [1.82, 2.24) is 15.5 Å². The Labute approximate surface area is 152 Å². The number of likely N-dealkylation sites (tertiary alicyclic amines) is 1. The zero-order chi connectivity index (χ0) is 17.5. The summed E-state index contributed by atoms with van der Waals surface area (Å²) in [7, 11) is 0. The predicted molar refractivity (Wildman–Crippen MR) is 100 cm³/mol. The van der Waals surface area contributed by atoms with Crippen molar-refractivity contribution in [3.63, 3.8) is 0 Å². The van der Waals surface area contributed by atoms with Crippen molar-refractivity contribution in [2.45, 2.75) is 58.9 Å². The van der Waals surface area contributed by atoms with Crippen LogP contribution in [0, 0.1) is 11.8 Å². The number of amides is 3. The van der Waals surface area contributed by atoms with Gasteiger partial charge in [0.2, 0.25) is 5.91 Å². The first-order valence-electron chi connectivity index (χ1n) is 8.90. The third-order valence-corrected chi connectivity index (χ3v) is 4.76. The monoisotopic (exact) mass is 362 g/mol. The maximum absolute atomic E-state index is 12.4. The average molecular weight is 363 g/mol. The Morgan fingerprint density at radius 1 is 1.25 bits per heavy atom. The summed E-state index contributed by atoms with van der Waals surface area (Å²) in [5, 5.41) is 5.90. The van der Waals surface area contributed by atoms with Gasteiger partial charge < -0.3 is 21.3 Å². The molecule has 0 radical (unpaired) electrons. The maximum atomic E-state index is 12.4. The highest BCUT2D eigenvalue weighted by Crippen LogP contribution is 2.17. The second kappa shape index (κ2) is 10.8. The predicted octanol–water partition coefficient (Wildman–Crippen LogP) is 2.12. The summed E-state index contributed by atoms with van der Waals surface area (Å²) in [4.78, 5) is 26.3. The molecule has 0 spiro atoms. The molecule has 6 nitrogen and oxygen atoms in total. The van der Waals surface area contributed by atoms with Crippen molar-refractivity contribution in [1.29, 1.82) is 0 Å². The molecule has 0 bridgehead atoms. The Morgan fingerprint density at radius 3 is 2.42 bits per heavy atom. The van der Waals surface area contributed by atoms with Crippen molar-refractivity contribution in [3.8, 4) is 0 Å². The van der Waals surface area contributed by atoms with E-state index in [0.717, 1.165) is 32.2 Å². The Hall–Kier alpha value is -1.01. The minimum Gasteiger partial charge on any atom is -0.354 e. The van der Waals surface area contributed by atoms with Crippen molar-refractivity contribution >= 4 is 24.3 Å². The summed E-state index contributed by atoms with van der Waals surface area (Å²) in [6.07, 6.45) is 3.36. The van der Waals surface area contributed by atoms with Gasteiger partial charge in [-0.05, 0) is 31.6 Å². The van der Waals surface area contributed by atoms with Gasteiger partial charge in [-0.25, -0.2) is 4.79 Å². The fourth-order valence-electron chi connectivity index (χ4n) is 2.69. The van der Waals surface area contributed by atoms with Gasteiger partial charge in [0.25, 0.3) is 0 Å². The lowest BCUT2D eigenvalue weighted by Crippen LogP contribution is -2.53. The molecule has 142 valence electrons. The van der Waals surface area contributed by atoms with E-state index < -0.39 is 0 Å². The minimum absolute atomic E-state index is 0. The molecule has 1 saturated heterocycles. The van der Waals surface area contributed by atoms with Crippen LogP contribution in [0.15, 0.2) is 0 Å². The second-order valence-electron chi connectivity index (χ2n) is 7.15. The standard InChI is InChI=1S/C17H34N4O2.ClH/c1-5-17(18,6-2)12-20-15(22)14-8-7-9-21(11-14)16(23)19-10-13(3)4;/h13-14H,5-12,18H2,1-4H3,(H,19,23)(H,20,22);1H. The van der Waals surface area contributed by atoms with Gasteiger partial charge in [0.15, 0.2) is 0 Å². The molecule has 1 rings (SSSR count). The number of piperidine rings is 1. The summed E-state index contributed by atoms with van der Waals surface area (Å²) in [5.74, 6) is 0.304. The number of nitrogens with zero attached hydrogens (tertiary/aromatic N) is 1. The number of nitrogens with one attached hydrogen (secondary N) is 2. The first-order chi connectivity index (χ1) is 10.8. The molecule has 1 aliphatic rings. The van der Waals surface area contributed by atoms with Gasteiger partial charge in [-0.1, -0.05) is 27.7 Å². The number of carbonyl (C=O) groups is 2. The Morgan fingerprint density at radius 2 is 1.88 bits per heavy atom. The highest BCUT2D eigenvalue weighted by Gasteiger charge is 2.29. The lowest BCUT2D eigenvalue weighted by atomic mass is 9.93. The van der Waals surface area contributed by atoms with E-state index in [4.69, 9.17) is 5.73 Å². The molecule has 0 aliphatic carbocycles. The normalized spacial score (nSPS) is 18.1. The van der Waals surface area contributed by atoms with E-state index in [1.807, 2.05) is 13.8 Å². The smallest absolute Gasteiger partial charge is 0.317 e. The molecule has 1 atom stereocenters. The number of urea groups is 1. The minimum atomic E-state index is -0.335. The van der Waals surface area contributed by atoms with E-state index in [-0.39, 0.29) is 35.8 Å². The summed E-state index contributed by atoms with van der Waals surface area (Å²) >= 11 is 0. The quantitative estimate of drug-likeness (QED) is 0.648. The topological polar surface area (TPSA) is 87.5 Å². The van der Waals surface area contributed by atoms with Crippen molar-refractivity contribution in [3.05, 3.63) is 0 Å². The van der Waals surface area contributed by atoms with E-state index in [1.54, 1.807) is 4.90 Å². The van der Waals surface area contributed by atoms with Crippen LogP contribution in [-0.4, -0.2) is 48.6 Å². The maximum Gasteiger partial charge on any atom is 0.317 e. The van der Waals surface area contributed by atoms with Crippen LogP contribution in [0.5, 0.6) is 0 Å². The number of hydrogen-bond donors (Lipinski definition) is 3. The first-order valence-corrected chi connectivity index (χ1v) is 8.90. The third-order valence-electron chi connectivity index (χ3n) is 4.76. The molecule has 1 aliphatic heterocycles. The van der Waals surface area contributed by atoms with Gasteiger partial charge in [0, 0.05) is 31.7 Å². The van der Waals surface area contributed by atoms with E-state index in [0.29, 0.717) is 25.6 Å². The number of nitrogens with two attached hydrogens (primary N) is 1. The Bertz CT molecular complexity index is 400. The average Bonchev–Trinajstić information content (AvgIpc) is 2.57. The van der Waals surface area contributed by atoms with E-state index in [1.165, 1.54) is 0 Å². The molecule has 0 saturated carbocycles. The van der Waals surface area contributed by atoms with E-state index in [9.17, 15) is 9.59 Å². The van der Waals surface area contributed by atoms with Crippen LogP contribution in [-0.2, 0) is 4.79 Å². The van der Waals surface area contributed by atoms with Crippen LogP contribution in [0.4, 0.5) is 4.79 Å². The number of carbonyl (C=O) groups excluding carboxylic acids is 2. The molecular weight excluding hydrogens is 328 g/mol. The Balaban J connectivity index is 0.00000529. The molecule has 0 aromatic carbocycles.